The zero-order valence-electron chi connectivity index (χ0n) is 24.1. The number of likely N-dealkylation sites (tertiary alicyclic amines) is 1. The van der Waals surface area contributed by atoms with E-state index >= 15 is 0 Å². The van der Waals surface area contributed by atoms with Gasteiger partial charge in [-0.15, -0.1) is 0 Å². The number of methoxy groups -OCH3 is 1. The van der Waals surface area contributed by atoms with Gasteiger partial charge in [0.15, 0.2) is 0 Å². The standard InChI is InChI=1S/C32H44N2O5/c1-22(15-24-9-7-6-8-10-24)19-33(21-27-16-23(2)20-34(27)26-11-13-37-14-12-26)31(35)25-17-28(36-5)30-29(18-25)38-32(3,4)39-30/h6-10,15,17-18,23,26-28,30H,11-14,16,19-21H2,1-5H3/b22-15+. The maximum Gasteiger partial charge on any atom is 0.254 e. The van der Waals surface area contributed by atoms with Gasteiger partial charge in [-0.25, -0.2) is 0 Å². The molecule has 0 N–H and O–H groups in total. The molecule has 7 nitrogen and oxygen atoms in total. The van der Waals surface area contributed by atoms with Crippen LogP contribution < -0.4 is 0 Å². The molecule has 3 fully saturated rings. The van der Waals surface area contributed by atoms with Crippen LogP contribution in [0.3, 0.4) is 0 Å². The Balaban J connectivity index is 1.41. The van der Waals surface area contributed by atoms with Crippen molar-refractivity contribution in [3.8, 4) is 0 Å². The molecule has 39 heavy (non-hydrogen) atoms. The molecule has 1 aromatic carbocycles. The summed E-state index contributed by atoms with van der Waals surface area (Å²) in [5, 5.41) is 0. The molecule has 7 heteroatoms. The third kappa shape index (κ3) is 6.65. The fourth-order valence-corrected chi connectivity index (χ4v) is 6.52. The summed E-state index contributed by atoms with van der Waals surface area (Å²) in [6.07, 6.45) is 8.43. The molecule has 4 atom stereocenters. The Bertz CT molecular complexity index is 1100. The van der Waals surface area contributed by atoms with Crippen LogP contribution in [0.2, 0.25) is 0 Å². The van der Waals surface area contributed by atoms with Crippen LogP contribution in [-0.2, 0) is 23.7 Å². The average molecular weight is 537 g/mol. The van der Waals surface area contributed by atoms with Crippen LogP contribution in [0.1, 0.15) is 52.5 Å². The highest BCUT2D eigenvalue weighted by atomic mass is 16.8. The lowest BCUT2D eigenvalue weighted by atomic mass is 9.98. The average Bonchev–Trinajstić information content (AvgIpc) is 3.45. The van der Waals surface area contributed by atoms with Crippen LogP contribution in [0.25, 0.3) is 6.08 Å². The van der Waals surface area contributed by atoms with Gasteiger partial charge in [0.1, 0.15) is 18.0 Å². The van der Waals surface area contributed by atoms with Gasteiger partial charge in [0, 0.05) is 71.5 Å². The SMILES string of the molecule is COC1C=C(C(=O)N(C/C(C)=C/c2ccccc2)CC2CC(C)CN2C2CCOCC2)C=C2OC(C)(C)OC21. The van der Waals surface area contributed by atoms with Gasteiger partial charge in [-0.05, 0) is 49.8 Å². The fraction of sp³-hybridized carbons (Fsp3) is 0.594. The first-order chi connectivity index (χ1) is 18.7. The normalized spacial score (nSPS) is 29.4. The van der Waals surface area contributed by atoms with E-state index in [0.29, 0.717) is 42.4 Å². The Hall–Kier alpha value is -2.45. The van der Waals surface area contributed by atoms with E-state index in [-0.39, 0.29) is 18.1 Å². The molecule has 0 bridgehead atoms. The minimum Gasteiger partial charge on any atom is -0.464 e. The van der Waals surface area contributed by atoms with Crippen molar-refractivity contribution in [3.05, 3.63) is 65.0 Å². The number of nitrogens with zero attached hydrogens (tertiary/aromatic N) is 2. The molecule has 0 spiro atoms. The van der Waals surface area contributed by atoms with Gasteiger partial charge in [-0.1, -0.05) is 48.9 Å². The predicted octanol–water partition coefficient (Wildman–Crippen LogP) is 4.80. The van der Waals surface area contributed by atoms with E-state index in [9.17, 15) is 4.79 Å². The Kier molecular flexibility index (Phi) is 8.62. The number of hydrogen-bond acceptors (Lipinski definition) is 6. The van der Waals surface area contributed by atoms with Crippen LogP contribution in [0, 0.1) is 5.92 Å². The molecule has 3 heterocycles. The Morgan fingerprint density at radius 3 is 2.67 bits per heavy atom. The predicted molar refractivity (Wildman–Crippen MR) is 152 cm³/mol. The van der Waals surface area contributed by atoms with E-state index < -0.39 is 5.79 Å². The quantitative estimate of drug-likeness (QED) is 0.476. The van der Waals surface area contributed by atoms with Crippen molar-refractivity contribution in [2.24, 2.45) is 5.92 Å². The van der Waals surface area contributed by atoms with Crippen molar-refractivity contribution in [2.45, 2.75) is 77.0 Å². The molecule has 0 radical (unpaired) electrons. The Morgan fingerprint density at radius 1 is 1.21 bits per heavy atom. The molecule has 3 aliphatic heterocycles. The summed E-state index contributed by atoms with van der Waals surface area (Å²) < 4.78 is 23.5. The van der Waals surface area contributed by atoms with Gasteiger partial charge in [0.2, 0.25) is 5.79 Å². The van der Waals surface area contributed by atoms with Crippen molar-refractivity contribution >= 4 is 12.0 Å². The first-order valence-corrected chi connectivity index (χ1v) is 14.4. The molecule has 4 unspecified atom stereocenters. The highest BCUT2D eigenvalue weighted by Gasteiger charge is 2.45. The number of amides is 1. The third-order valence-electron chi connectivity index (χ3n) is 8.21. The number of rotatable bonds is 8. The Morgan fingerprint density at radius 2 is 1.95 bits per heavy atom. The van der Waals surface area contributed by atoms with Crippen LogP contribution in [0.15, 0.2) is 59.4 Å². The second-order valence-electron chi connectivity index (χ2n) is 12.0. The van der Waals surface area contributed by atoms with Crippen molar-refractivity contribution in [1.29, 1.82) is 0 Å². The van der Waals surface area contributed by atoms with E-state index in [0.717, 1.165) is 50.2 Å². The summed E-state index contributed by atoms with van der Waals surface area (Å²) in [6, 6.07) is 11.1. The highest BCUT2D eigenvalue weighted by Crippen LogP contribution is 2.38. The maximum atomic E-state index is 14.2. The van der Waals surface area contributed by atoms with Gasteiger partial charge in [-0.2, -0.15) is 0 Å². The van der Waals surface area contributed by atoms with E-state index in [1.807, 2.05) is 49.1 Å². The molecule has 1 amide bonds. The molecule has 0 aromatic heterocycles. The maximum absolute atomic E-state index is 14.2. The van der Waals surface area contributed by atoms with E-state index in [1.165, 1.54) is 0 Å². The summed E-state index contributed by atoms with van der Waals surface area (Å²) in [5.41, 5.74) is 2.89. The topological polar surface area (TPSA) is 60.5 Å². The van der Waals surface area contributed by atoms with Crippen LogP contribution in [-0.4, -0.2) is 85.7 Å². The summed E-state index contributed by atoms with van der Waals surface area (Å²) in [7, 11) is 1.65. The number of carbonyl (C=O) groups is 1. The number of fused-ring (bicyclic) bond motifs is 1. The van der Waals surface area contributed by atoms with Crippen LogP contribution >= 0.6 is 0 Å². The molecule has 3 saturated heterocycles. The minimum atomic E-state index is -0.751. The van der Waals surface area contributed by atoms with Crippen molar-refractivity contribution in [2.75, 3.05) is 40.0 Å². The molecule has 0 saturated carbocycles. The minimum absolute atomic E-state index is 0.00333. The number of ether oxygens (including phenoxy) is 4. The first kappa shape index (κ1) is 28.1. The van der Waals surface area contributed by atoms with E-state index in [4.69, 9.17) is 18.9 Å². The summed E-state index contributed by atoms with van der Waals surface area (Å²) in [4.78, 5) is 18.9. The summed E-state index contributed by atoms with van der Waals surface area (Å²) in [5.74, 6) is 0.520. The largest absolute Gasteiger partial charge is 0.464 e. The fourth-order valence-electron chi connectivity index (χ4n) is 6.52. The van der Waals surface area contributed by atoms with Crippen molar-refractivity contribution < 1.29 is 23.7 Å². The van der Waals surface area contributed by atoms with Crippen LogP contribution in [0.5, 0.6) is 0 Å². The lowest BCUT2D eigenvalue weighted by Gasteiger charge is -2.38. The van der Waals surface area contributed by atoms with E-state index in [2.05, 4.69) is 37.0 Å². The van der Waals surface area contributed by atoms with Gasteiger partial charge in [-0.3, -0.25) is 9.69 Å². The lowest BCUT2D eigenvalue weighted by molar-refractivity contribution is -0.146. The van der Waals surface area contributed by atoms with E-state index in [1.54, 1.807) is 7.11 Å². The van der Waals surface area contributed by atoms with Gasteiger partial charge in [0.05, 0.1) is 0 Å². The second kappa shape index (κ2) is 12.0. The molecular formula is C32H44N2O5. The molecular weight excluding hydrogens is 492 g/mol. The first-order valence-electron chi connectivity index (χ1n) is 14.4. The molecule has 212 valence electrons. The molecule has 1 aliphatic carbocycles. The lowest BCUT2D eigenvalue weighted by Crippen LogP contribution is -2.49. The summed E-state index contributed by atoms with van der Waals surface area (Å²) in [6.45, 7) is 12.2. The Labute approximate surface area is 233 Å². The smallest absolute Gasteiger partial charge is 0.254 e. The second-order valence-corrected chi connectivity index (χ2v) is 12.0. The highest BCUT2D eigenvalue weighted by molar-refractivity contribution is 5.97. The number of carbonyl (C=O) groups excluding carboxylic acids is 1. The number of hydrogen-bond donors (Lipinski definition) is 0. The number of benzene rings is 1. The van der Waals surface area contributed by atoms with Gasteiger partial charge >= 0.3 is 0 Å². The van der Waals surface area contributed by atoms with Crippen molar-refractivity contribution in [1.82, 2.24) is 9.80 Å². The summed E-state index contributed by atoms with van der Waals surface area (Å²) >= 11 is 0. The molecule has 4 aliphatic rings. The monoisotopic (exact) mass is 536 g/mol. The van der Waals surface area contributed by atoms with Gasteiger partial charge < -0.3 is 23.8 Å². The molecule has 5 rings (SSSR count). The third-order valence-corrected chi connectivity index (χ3v) is 8.21. The molecule has 1 aromatic rings. The van der Waals surface area contributed by atoms with Gasteiger partial charge in [0.25, 0.3) is 5.91 Å². The zero-order chi connectivity index (χ0) is 27.6. The van der Waals surface area contributed by atoms with Crippen molar-refractivity contribution in [3.63, 3.8) is 0 Å². The van der Waals surface area contributed by atoms with Crippen LogP contribution in [0.4, 0.5) is 0 Å². The zero-order valence-corrected chi connectivity index (χ0v) is 24.1.